The summed E-state index contributed by atoms with van der Waals surface area (Å²) in [5.74, 6) is -2.67. The van der Waals surface area contributed by atoms with Crippen LogP contribution in [0.4, 0.5) is 0 Å². The second-order valence-corrected chi connectivity index (χ2v) is 21.2. The van der Waals surface area contributed by atoms with E-state index in [0.717, 1.165) is 24.8 Å². The average Bonchev–Trinajstić information content (AvgIpc) is 4.03. The van der Waals surface area contributed by atoms with Gasteiger partial charge in [0.05, 0.1) is 38.8 Å². The number of hydrogen-bond acceptors (Lipinski definition) is 13. The average molecular weight is 1080 g/mol. The van der Waals surface area contributed by atoms with Gasteiger partial charge in [0.15, 0.2) is 5.78 Å². The fourth-order valence-electron chi connectivity index (χ4n) is 10.3. The smallest absolute Gasteiger partial charge is 0.329 e. The molecule has 0 bridgehead atoms. The van der Waals surface area contributed by atoms with E-state index >= 15 is 0 Å². The van der Waals surface area contributed by atoms with E-state index in [1.807, 2.05) is 76.8 Å². The summed E-state index contributed by atoms with van der Waals surface area (Å²) in [6.45, 7) is 16.7. The first kappa shape index (κ1) is 65.1. The fraction of sp³-hybridized carbons (Fsp3) is 0.627. The lowest BCUT2D eigenvalue weighted by Crippen LogP contribution is -2.54. The van der Waals surface area contributed by atoms with Crippen LogP contribution in [0.5, 0.6) is 11.5 Å². The lowest BCUT2D eigenvalue weighted by molar-refractivity contribution is -0.150. The molecular formula is C59H89N5O13. The van der Waals surface area contributed by atoms with Gasteiger partial charge >= 0.3 is 11.9 Å². The lowest BCUT2D eigenvalue weighted by atomic mass is 9.84. The summed E-state index contributed by atoms with van der Waals surface area (Å²) >= 11 is 0. The number of aliphatic carboxylic acids is 1. The van der Waals surface area contributed by atoms with Crippen LogP contribution in [-0.2, 0) is 60.9 Å². The van der Waals surface area contributed by atoms with E-state index in [2.05, 4.69) is 24.5 Å². The second-order valence-electron chi connectivity index (χ2n) is 21.2. The van der Waals surface area contributed by atoms with Crippen molar-refractivity contribution in [3.63, 3.8) is 0 Å². The molecule has 0 spiro atoms. The van der Waals surface area contributed by atoms with Crippen LogP contribution in [0.25, 0.3) is 0 Å². The number of carbonyl (C=O) groups is 8. The molecule has 77 heavy (non-hydrogen) atoms. The van der Waals surface area contributed by atoms with Gasteiger partial charge in [0.1, 0.15) is 24.1 Å². The predicted molar refractivity (Wildman–Crippen MR) is 294 cm³/mol. The van der Waals surface area contributed by atoms with Crippen LogP contribution >= 0.6 is 0 Å². The number of carbonyl (C=O) groups excluding carboxylic acids is 7. The Morgan fingerprint density at radius 3 is 2.06 bits per heavy atom. The van der Waals surface area contributed by atoms with Gasteiger partial charge in [0, 0.05) is 88.2 Å². The third-order valence-corrected chi connectivity index (χ3v) is 15.3. The SMILES string of the molecule is CC[C@H](C)[C@@H]([C@@H](CC(=O)N1CCC[C@H]1[C@H](C)[C@@H](C)C(=O)N[C@@H](Cc1ccccc1)C(=O)OCc1ccc(OC)cc1OC)OC)N(C)C(=O)[C@@H](CC(=O)[C@@H](NC)C(C)C)C(C)C.O=C(O)CCCCCN1C(=O)C=CC1=O. The number of hydrogen-bond donors (Lipinski definition) is 3. The molecule has 0 radical (unpaired) electrons. The van der Waals surface area contributed by atoms with Crippen LogP contribution in [0.1, 0.15) is 124 Å². The van der Waals surface area contributed by atoms with Gasteiger partial charge in [-0.2, -0.15) is 0 Å². The number of nitrogens with one attached hydrogen (secondary N) is 2. The molecule has 0 aromatic heterocycles. The van der Waals surface area contributed by atoms with Crippen molar-refractivity contribution >= 4 is 47.3 Å². The first-order chi connectivity index (χ1) is 36.5. The van der Waals surface area contributed by atoms with Crippen LogP contribution in [0.15, 0.2) is 60.7 Å². The molecule has 4 rings (SSSR count). The molecule has 2 aliphatic rings. The molecule has 9 atom stereocenters. The van der Waals surface area contributed by atoms with Gasteiger partial charge in [-0.3, -0.25) is 38.5 Å². The number of carboxylic acids is 1. The number of benzene rings is 2. The van der Waals surface area contributed by atoms with E-state index in [1.54, 1.807) is 51.4 Å². The quantitative estimate of drug-likeness (QED) is 0.0391. The Hall–Kier alpha value is -6.14. The van der Waals surface area contributed by atoms with Gasteiger partial charge in [-0.15, -0.1) is 0 Å². The molecule has 428 valence electrons. The summed E-state index contributed by atoms with van der Waals surface area (Å²) in [6, 6.07) is 12.8. The summed E-state index contributed by atoms with van der Waals surface area (Å²) in [5, 5.41) is 14.5. The van der Waals surface area contributed by atoms with Gasteiger partial charge in [-0.05, 0) is 74.1 Å². The van der Waals surface area contributed by atoms with Gasteiger partial charge in [0.25, 0.3) is 11.8 Å². The second kappa shape index (κ2) is 32.6. The Kier molecular flexibility index (Phi) is 27.5. The molecule has 18 heteroatoms. The summed E-state index contributed by atoms with van der Waals surface area (Å²) in [5.41, 5.74) is 1.52. The molecule has 0 unspecified atom stereocenters. The zero-order chi connectivity index (χ0) is 57.5. The molecule has 1 saturated heterocycles. The van der Waals surface area contributed by atoms with E-state index in [1.165, 1.54) is 24.2 Å². The Morgan fingerprint density at radius 2 is 1.51 bits per heavy atom. The highest BCUT2D eigenvalue weighted by atomic mass is 16.5. The highest BCUT2D eigenvalue weighted by Crippen LogP contribution is 2.33. The van der Waals surface area contributed by atoms with Crippen LogP contribution in [-0.4, -0.2) is 146 Å². The number of esters is 1. The topological polar surface area (TPSA) is 227 Å². The van der Waals surface area contributed by atoms with Gasteiger partial charge in [0.2, 0.25) is 17.7 Å². The molecule has 3 N–H and O–H groups in total. The number of carboxylic acid groups (broad SMARTS) is 1. The molecule has 0 aliphatic carbocycles. The molecule has 0 saturated carbocycles. The standard InChI is InChI=1S/C49H76N4O9.C10H13NO4/c1-14-32(6)46(52(10)48(57)38(30(2)3)27-41(54)45(50-9)31(4)5)43(61-13)28-44(55)53-24-18-21-40(53)33(7)34(8)47(56)51-39(25-35-19-16-15-17-20-35)49(58)62-29-36-22-23-37(59-11)26-42(36)60-12;12-8-5-6-9(13)11(8)7-3-1-2-4-10(14)15/h15-17,19-20,22-23,26,30-34,38-40,43,45-46,50H,14,18,21,24-25,27-29H2,1-13H3,(H,51,56);5-6H,1-4,7H2,(H,14,15)/t32-,33+,34+,38-,39-,40-,43+,45-,46-;/m0./s1. The van der Waals surface area contributed by atoms with Crippen LogP contribution in [0.3, 0.4) is 0 Å². The number of Topliss-reactive ketones (excluding diaryl/α,β-unsaturated/α-hetero) is 1. The third-order valence-electron chi connectivity index (χ3n) is 15.3. The van der Waals surface area contributed by atoms with Crippen molar-refractivity contribution < 1.29 is 62.4 Å². The molecule has 2 heterocycles. The highest BCUT2D eigenvalue weighted by Gasteiger charge is 2.42. The normalized spacial score (nSPS) is 17.4. The maximum atomic E-state index is 14.3. The predicted octanol–water partition coefficient (Wildman–Crippen LogP) is 7.05. The number of nitrogens with zero attached hydrogens (tertiary/aromatic N) is 3. The molecule has 18 nitrogen and oxygen atoms in total. The Bertz CT molecular complexity index is 2270. The lowest BCUT2D eigenvalue weighted by Gasteiger charge is -2.40. The monoisotopic (exact) mass is 1080 g/mol. The summed E-state index contributed by atoms with van der Waals surface area (Å²) in [6.07, 6.45) is 6.66. The summed E-state index contributed by atoms with van der Waals surface area (Å²) in [4.78, 5) is 107. The molecule has 2 aromatic rings. The Labute approximate surface area is 457 Å². The number of amides is 5. The molecule has 5 amide bonds. The van der Waals surface area contributed by atoms with Crippen molar-refractivity contribution in [3.8, 4) is 11.5 Å². The minimum Gasteiger partial charge on any atom is -0.497 e. The zero-order valence-electron chi connectivity index (χ0n) is 48.0. The van der Waals surface area contributed by atoms with E-state index in [0.29, 0.717) is 49.4 Å². The maximum absolute atomic E-state index is 14.3. The van der Waals surface area contributed by atoms with Gasteiger partial charge in [-0.25, -0.2) is 4.79 Å². The van der Waals surface area contributed by atoms with Crippen molar-refractivity contribution in [1.82, 2.24) is 25.3 Å². The minimum absolute atomic E-state index is 0.00305. The summed E-state index contributed by atoms with van der Waals surface area (Å²) < 4.78 is 22.6. The maximum Gasteiger partial charge on any atom is 0.329 e. The number of likely N-dealkylation sites (tertiary alicyclic amines) is 1. The van der Waals surface area contributed by atoms with Crippen LogP contribution in [0.2, 0.25) is 0 Å². The van der Waals surface area contributed by atoms with E-state index in [4.69, 9.17) is 24.1 Å². The number of unbranched alkanes of at least 4 members (excludes halogenated alkanes) is 2. The number of ether oxygens (including phenoxy) is 4. The number of imide groups is 1. The third kappa shape index (κ3) is 19.4. The van der Waals surface area contributed by atoms with E-state index < -0.39 is 42.0 Å². The number of ketones is 1. The zero-order valence-corrected chi connectivity index (χ0v) is 48.0. The van der Waals surface area contributed by atoms with Crippen molar-refractivity contribution in [1.29, 1.82) is 0 Å². The minimum atomic E-state index is -0.960. The molecular weight excluding hydrogens is 987 g/mol. The van der Waals surface area contributed by atoms with Gasteiger partial charge < -0.3 is 44.5 Å². The van der Waals surface area contributed by atoms with E-state index in [9.17, 15) is 38.4 Å². The first-order valence-corrected chi connectivity index (χ1v) is 27.3. The van der Waals surface area contributed by atoms with Crippen LogP contribution in [0, 0.1) is 35.5 Å². The highest BCUT2D eigenvalue weighted by molar-refractivity contribution is 6.12. The van der Waals surface area contributed by atoms with E-state index in [-0.39, 0.29) is 103 Å². The van der Waals surface area contributed by atoms with Crippen molar-refractivity contribution in [2.45, 2.75) is 156 Å². The molecule has 2 aromatic carbocycles. The van der Waals surface area contributed by atoms with Crippen molar-refractivity contribution in [3.05, 3.63) is 71.8 Å². The number of rotatable bonds is 31. The first-order valence-electron chi connectivity index (χ1n) is 27.3. The summed E-state index contributed by atoms with van der Waals surface area (Å²) in [7, 11) is 8.21. The van der Waals surface area contributed by atoms with Gasteiger partial charge in [-0.1, -0.05) is 98.6 Å². The number of likely N-dealkylation sites (N-methyl/N-ethyl adjacent to an activating group) is 2. The molecule has 2 aliphatic heterocycles. The Morgan fingerprint density at radius 1 is 0.844 bits per heavy atom. The largest absolute Gasteiger partial charge is 0.497 e. The van der Waals surface area contributed by atoms with Crippen molar-refractivity contribution in [2.24, 2.45) is 35.5 Å². The van der Waals surface area contributed by atoms with Crippen LogP contribution < -0.4 is 20.1 Å². The van der Waals surface area contributed by atoms with Crippen molar-refractivity contribution in [2.75, 3.05) is 48.5 Å². The Balaban J connectivity index is 0.000000890. The molecule has 1 fully saturated rings. The fourth-order valence-corrected chi connectivity index (χ4v) is 10.3. The number of methoxy groups -OCH3 is 3.